The van der Waals surface area contributed by atoms with Gasteiger partial charge in [-0.2, -0.15) is 0 Å². The number of amides is 1. The van der Waals surface area contributed by atoms with E-state index in [2.05, 4.69) is 30.5 Å². The van der Waals surface area contributed by atoms with E-state index in [4.69, 9.17) is 4.74 Å². The van der Waals surface area contributed by atoms with Crippen LogP contribution in [0, 0.1) is 12.3 Å². The van der Waals surface area contributed by atoms with E-state index in [0.717, 1.165) is 36.3 Å². The quantitative estimate of drug-likeness (QED) is 0.899. The van der Waals surface area contributed by atoms with E-state index in [0.29, 0.717) is 0 Å². The lowest BCUT2D eigenvalue weighted by Crippen LogP contribution is -2.55. The molecule has 2 N–H and O–H groups in total. The Kier molecular flexibility index (Phi) is 5.12. The number of hydrogen-bond donors (Lipinski definition) is 2. The lowest BCUT2D eigenvalue weighted by atomic mass is 9.77. The van der Waals surface area contributed by atoms with Crippen molar-refractivity contribution in [2.24, 2.45) is 5.41 Å². The molecule has 22 heavy (non-hydrogen) atoms. The molecule has 0 aliphatic carbocycles. The van der Waals surface area contributed by atoms with Gasteiger partial charge in [-0.05, 0) is 44.7 Å². The van der Waals surface area contributed by atoms with Crippen LogP contribution in [0.1, 0.15) is 50.8 Å². The fourth-order valence-electron chi connectivity index (χ4n) is 3.23. The summed E-state index contributed by atoms with van der Waals surface area (Å²) in [6, 6.07) is 5.82. The van der Waals surface area contributed by atoms with Crippen LogP contribution in [0.25, 0.3) is 0 Å². The van der Waals surface area contributed by atoms with Crippen molar-refractivity contribution in [1.29, 1.82) is 0 Å². The number of carbonyl (C=O) groups is 1. The molecule has 0 aromatic heterocycles. The van der Waals surface area contributed by atoms with Gasteiger partial charge in [0.25, 0.3) is 0 Å². The fraction of sp³-hybridized carbons (Fsp3) is 0.611. The van der Waals surface area contributed by atoms with E-state index in [1.54, 1.807) is 7.11 Å². The van der Waals surface area contributed by atoms with Crippen LogP contribution < -0.4 is 15.4 Å². The molecule has 1 amide bonds. The number of ether oxygens (including phenoxy) is 1. The maximum atomic E-state index is 12.7. The number of nitrogens with one attached hydrogen (secondary N) is 2. The standard InChI is InChI=1S/C18H28N2O2/c1-12-7-8-15(22-5)14(11-12)13(2)20-17(21)16-18(3,4)9-6-10-19-16/h7-8,11,13,16,19H,6,9-10H2,1-5H3,(H,20,21). The molecule has 1 fully saturated rings. The minimum atomic E-state index is -0.139. The Balaban J connectivity index is 2.13. The summed E-state index contributed by atoms with van der Waals surface area (Å²) in [5.74, 6) is 0.884. The average molecular weight is 304 g/mol. The first-order valence-corrected chi connectivity index (χ1v) is 8.03. The second-order valence-corrected chi connectivity index (χ2v) is 6.95. The SMILES string of the molecule is COc1ccc(C)cc1C(C)NC(=O)C1NCCCC1(C)C. The Morgan fingerprint density at radius 3 is 2.82 bits per heavy atom. The number of hydrogen-bond acceptors (Lipinski definition) is 3. The normalized spacial score (nSPS) is 22.0. The van der Waals surface area contributed by atoms with Gasteiger partial charge < -0.3 is 15.4 Å². The molecule has 2 unspecified atom stereocenters. The van der Waals surface area contributed by atoms with E-state index < -0.39 is 0 Å². The van der Waals surface area contributed by atoms with E-state index in [-0.39, 0.29) is 23.4 Å². The van der Waals surface area contributed by atoms with Crippen LogP contribution in [0.2, 0.25) is 0 Å². The van der Waals surface area contributed by atoms with Gasteiger partial charge in [-0.25, -0.2) is 0 Å². The van der Waals surface area contributed by atoms with Gasteiger partial charge in [0.05, 0.1) is 19.2 Å². The highest BCUT2D eigenvalue weighted by atomic mass is 16.5. The highest BCUT2D eigenvalue weighted by molar-refractivity contribution is 5.83. The van der Waals surface area contributed by atoms with Gasteiger partial charge in [0.1, 0.15) is 5.75 Å². The van der Waals surface area contributed by atoms with Gasteiger partial charge in [-0.1, -0.05) is 31.5 Å². The molecule has 1 aliphatic rings. The topological polar surface area (TPSA) is 50.4 Å². The summed E-state index contributed by atoms with van der Waals surface area (Å²) < 4.78 is 5.42. The minimum Gasteiger partial charge on any atom is -0.496 e. The van der Waals surface area contributed by atoms with Crippen molar-refractivity contribution in [2.75, 3.05) is 13.7 Å². The first kappa shape index (κ1) is 16.8. The summed E-state index contributed by atoms with van der Waals surface area (Å²) in [4.78, 5) is 12.7. The third-order valence-corrected chi connectivity index (χ3v) is 4.60. The zero-order valence-electron chi connectivity index (χ0n) is 14.3. The van der Waals surface area contributed by atoms with Crippen molar-refractivity contribution in [3.63, 3.8) is 0 Å². The minimum absolute atomic E-state index is 0.0151. The number of piperidine rings is 1. The van der Waals surface area contributed by atoms with Gasteiger partial charge in [0, 0.05) is 5.56 Å². The number of aryl methyl sites for hydroxylation is 1. The van der Waals surface area contributed by atoms with Crippen molar-refractivity contribution in [3.8, 4) is 5.75 Å². The molecule has 2 rings (SSSR count). The van der Waals surface area contributed by atoms with Crippen LogP contribution in [-0.2, 0) is 4.79 Å². The van der Waals surface area contributed by atoms with Crippen LogP contribution >= 0.6 is 0 Å². The number of benzene rings is 1. The van der Waals surface area contributed by atoms with Crippen molar-refractivity contribution >= 4 is 5.91 Å². The highest BCUT2D eigenvalue weighted by Gasteiger charge is 2.37. The molecular formula is C18H28N2O2. The molecule has 1 heterocycles. The molecule has 1 saturated heterocycles. The van der Waals surface area contributed by atoms with Crippen LogP contribution in [0.5, 0.6) is 5.75 Å². The molecule has 122 valence electrons. The lowest BCUT2D eigenvalue weighted by molar-refractivity contribution is -0.127. The molecule has 2 atom stereocenters. The van der Waals surface area contributed by atoms with Crippen LogP contribution in [0.4, 0.5) is 0 Å². The molecule has 1 aromatic carbocycles. The monoisotopic (exact) mass is 304 g/mol. The Hall–Kier alpha value is -1.55. The Labute approximate surface area is 133 Å². The van der Waals surface area contributed by atoms with Gasteiger partial charge in [0.2, 0.25) is 5.91 Å². The van der Waals surface area contributed by atoms with Crippen molar-refractivity contribution in [3.05, 3.63) is 29.3 Å². The largest absolute Gasteiger partial charge is 0.496 e. The van der Waals surface area contributed by atoms with Gasteiger partial charge in [0.15, 0.2) is 0 Å². The second-order valence-electron chi connectivity index (χ2n) is 6.95. The van der Waals surface area contributed by atoms with E-state index >= 15 is 0 Å². The van der Waals surface area contributed by atoms with E-state index in [1.165, 1.54) is 0 Å². The van der Waals surface area contributed by atoms with Crippen LogP contribution in [0.15, 0.2) is 18.2 Å². The summed E-state index contributed by atoms with van der Waals surface area (Å²) in [5.41, 5.74) is 2.16. The highest BCUT2D eigenvalue weighted by Crippen LogP contribution is 2.31. The summed E-state index contributed by atoms with van der Waals surface area (Å²) in [6.07, 6.45) is 2.19. The lowest BCUT2D eigenvalue weighted by Gasteiger charge is -2.38. The summed E-state index contributed by atoms with van der Waals surface area (Å²) in [6.45, 7) is 9.26. The predicted octanol–water partition coefficient (Wildman–Crippen LogP) is 2.96. The molecule has 4 nitrogen and oxygen atoms in total. The van der Waals surface area contributed by atoms with Crippen molar-refractivity contribution in [2.45, 2.75) is 52.6 Å². The first-order chi connectivity index (χ1) is 10.3. The number of rotatable bonds is 4. The second kappa shape index (κ2) is 6.69. The smallest absolute Gasteiger partial charge is 0.238 e. The molecule has 0 spiro atoms. The number of carbonyl (C=O) groups excluding carboxylic acids is 1. The Bertz CT molecular complexity index is 540. The van der Waals surface area contributed by atoms with Crippen LogP contribution in [0.3, 0.4) is 0 Å². The Morgan fingerprint density at radius 2 is 2.18 bits per heavy atom. The van der Waals surface area contributed by atoms with Crippen LogP contribution in [-0.4, -0.2) is 25.6 Å². The molecule has 0 saturated carbocycles. The van der Waals surface area contributed by atoms with Gasteiger partial charge in [-0.3, -0.25) is 4.79 Å². The third-order valence-electron chi connectivity index (χ3n) is 4.60. The molecular weight excluding hydrogens is 276 g/mol. The first-order valence-electron chi connectivity index (χ1n) is 8.03. The number of methoxy groups -OCH3 is 1. The zero-order chi connectivity index (χ0) is 16.3. The molecule has 0 radical (unpaired) electrons. The zero-order valence-corrected chi connectivity index (χ0v) is 14.3. The average Bonchev–Trinajstić information content (AvgIpc) is 2.46. The summed E-state index contributed by atoms with van der Waals surface area (Å²) in [7, 11) is 1.66. The van der Waals surface area contributed by atoms with Gasteiger partial charge in [-0.15, -0.1) is 0 Å². The third kappa shape index (κ3) is 3.61. The summed E-state index contributed by atoms with van der Waals surface area (Å²) >= 11 is 0. The molecule has 4 heteroatoms. The maximum absolute atomic E-state index is 12.7. The van der Waals surface area contributed by atoms with Gasteiger partial charge >= 0.3 is 0 Å². The van der Waals surface area contributed by atoms with E-state index in [9.17, 15) is 4.79 Å². The summed E-state index contributed by atoms with van der Waals surface area (Å²) in [5, 5.41) is 6.50. The van der Waals surface area contributed by atoms with Crippen molar-refractivity contribution in [1.82, 2.24) is 10.6 Å². The van der Waals surface area contributed by atoms with E-state index in [1.807, 2.05) is 26.0 Å². The maximum Gasteiger partial charge on any atom is 0.238 e. The fourth-order valence-corrected chi connectivity index (χ4v) is 3.23. The van der Waals surface area contributed by atoms with Crippen molar-refractivity contribution < 1.29 is 9.53 Å². The Morgan fingerprint density at radius 1 is 1.45 bits per heavy atom. The molecule has 1 aliphatic heterocycles. The predicted molar refractivity (Wildman–Crippen MR) is 89.1 cm³/mol. The molecule has 1 aromatic rings. The molecule has 0 bridgehead atoms.